The standard InChI is InChI=1S/C16H24N2O2S/c1-2-13-11-21-16(17-13)12-5-3-7-18(10-12)15(19)9-14-6-4-8-20-14/h11-12,14H,2-10H2,1H3/t12-,14-/m0/s1. The third-order valence-electron chi connectivity index (χ3n) is 4.48. The van der Waals surface area contributed by atoms with Crippen LogP contribution in [0.5, 0.6) is 0 Å². The minimum Gasteiger partial charge on any atom is -0.378 e. The topological polar surface area (TPSA) is 42.4 Å². The van der Waals surface area contributed by atoms with Crippen molar-refractivity contribution in [1.29, 1.82) is 0 Å². The van der Waals surface area contributed by atoms with Crippen molar-refractivity contribution in [3.8, 4) is 0 Å². The van der Waals surface area contributed by atoms with Crippen LogP contribution in [0.25, 0.3) is 0 Å². The van der Waals surface area contributed by atoms with Gasteiger partial charge in [0.15, 0.2) is 0 Å². The highest BCUT2D eigenvalue weighted by atomic mass is 32.1. The van der Waals surface area contributed by atoms with Crippen LogP contribution < -0.4 is 0 Å². The van der Waals surface area contributed by atoms with Gasteiger partial charge in [-0.25, -0.2) is 4.98 Å². The van der Waals surface area contributed by atoms with Crippen LogP contribution in [0.15, 0.2) is 5.38 Å². The SMILES string of the molecule is CCc1csc([C@H]2CCCN(C(=O)C[C@@H]3CCCO3)C2)n1. The van der Waals surface area contributed by atoms with Crippen LogP contribution >= 0.6 is 11.3 Å². The van der Waals surface area contributed by atoms with Gasteiger partial charge in [0, 0.05) is 31.0 Å². The molecule has 5 heteroatoms. The first kappa shape index (κ1) is 15.0. The molecule has 0 aliphatic carbocycles. The first-order chi connectivity index (χ1) is 10.3. The molecule has 0 bridgehead atoms. The molecule has 21 heavy (non-hydrogen) atoms. The largest absolute Gasteiger partial charge is 0.378 e. The molecule has 3 heterocycles. The molecule has 0 radical (unpaired) electrons. The molecule has 2 saturated heterocycles. The van der Waals surface area contributed by atoms with E-state index in [2.05, 4.69) is 12.3 Å². The summed E-state index contributed by atoms with van der Waals surface area (Å²) in [6.45, 7) is 4.69. The lowest BCUT2D eigenvalue weighted by atomic mass is 9.98. The van der Waals surface area contributed by atoms with Gasteiger partial charge in [-0.2, -0.15) is 0 Å². The van der Waals surface area contributed by atoms with Gasteiger partial charge in [-0.1, -0.05) is 6.92 Å². The van der Waals surface area contributed by atoms with Gasteiger partial charge in [0.05, 0.1) is 23.2 Å². The second kappa shape index (κ2) is 6.88. The number of hydrogen-bond donors (Lipinski definition) is 0. The second-order valence-corrected chi connectivity index (χ2v) is 6.94. The van der Waals surface area contributed by atoms with Gasteiger partial charge in [-0.15, -0.1) is 11.3 Å². The monoisotopic (exact) mass is 308 g/mol. The first-order valence-corrected chi connectivity index (χ1v) is 8.98. The Labute approximate surface area is 130 Å². The minimum atomic E-state index is 0.157. The zero-order valence-corrected chi connectivity index (χ0v) is 13.5. The van der Waals surface area contributed by atoms with Crippen molar-refractivity contribution in [2.75, 3.05) is 19.7 Å². The average molecular weight is 308 g/mol. The number of rotatable bonds is 4. The molecule has 0 spiro atoms. The zero-order valence-electron chi connectivity index (χ0n) is 12.7. The fraction of sp³-hybridized carbons (Fsp3) is 0.750. The van der Waals surface area contributed by atoms with E-state index in [0.717, 1.165) is 51.8 Å². The molecule has 1 aromatic rings. The number of thiazole rings is 1. The summed E-state index contributed by atoms with van der Waals surface area (Å²) < 4.78 is 5.59. The molecule has 2 aliphatic heterocycles. The van der Waals surface area contributed by atoms with Gasteiger partial charge in [0.25, 0.3) is 0 Å². The molecule has 1 aromatic heterocycles. The van der Waals surface area contributed by atoms with Gasteiger partial charge in [-0.05, 0) is 32.1 Å². The molecular formula is C16H24N2O2S. The third-order valence-corrected chi connectivity index (χ3v) is 5.54. The number of ether oxygens (including phenoxy) is 1. The summed E-state index contributed by atoms with van der Waals surface area (Å²) >= 11 is 1.75. The lowest BCUT2D eigenvalue weighted by Crippen LogP contribution is -2.40. The number of aryl methyl sites for hydroxylation is 1. The maximum Gasteiger partial charge on any atom is 0.225 e. The van der Waals surface area contributed by atoms with E-state index in [1.54, 1.807) is 11.3 Å². The van der Waals surface area contributed by atoms with Gasteiger partial charge in [0.1, 0.15) is 0 Å². The first-order valence-electron chi connectivity index (χ1n) is 8.10. The van der Waals surface area contributed by atoms with Crippen molar-refractivity contribution >= 4 is 17.2 Å². The average Bonchev–Trinajstić information content (AvgIpc) is 3.18. The van der Waals surface area contributed by atoms with E-state index >= 15 is 0 Å². The van der Waals surface area contributed by atoms with Crippen LogP contribution in [0, 0.1) is 0 Å². The van der Waals surface area contributed by atoms with Crippen LogP contribution in [-0.4, -0.2) is 41.6 Å². The molecule has 1 amide bonds. The summed E-state index contributed by atoms with van der Waals surface area (Å²) in [7, 11) is 0. The van der Waals surface area contributed by atoms with Crippen molar-refractivity contribution in [3.63, 3.8) is 0 Å². The van der Waals surface area contributed by atoms with Crippen molar-refractivity contribution < 1.29 is 9.53 Å². The summed E-state index contributed by atoms with van der Waals surface area (Å²) in [5.74, 6) is 0.691. The van der Waals surface area contributed by atoms with Gasteiger partial charge >= 0.3 is 0 Å². The summed E-state index contributed by atoms with van der Waals surface area (Å²) in [6.07, 6.45) is 6.08. The van der Waals surface area contributed by atoms with E-state index < -0.39 is 0 Å². The molecule has 116 valence electrons. The van der Waals surface area contributed by atoms with Crippen molar-refractivity contribution in [1.82, 2.24) is 9.88 Å². The van der Waals surface area contributed by atoms with Crippen LogP contribution in [0.4, 0.5) is 0 Å². The number of likely N-dealkylation sites (tertiary alicyclic amines) is 1. The van der Waals surface area contributed by atoms with Crippen LogP contribution in [0.3, 0.4) is 0 Å². The van der Waals surface area contributed by atoms with E-state index in [1.165, 1.54) is 10.7 Å². The second-order valence-electron chi connectivity index (χ2n) is 6.05. The van der Waals surface area contributed by atoms with Crippen LogP contribution in [0.2, 0.25) is 0 Å². The Hall–Kier alpha value is -0.940. The van der Waals surface area contributed by atoms with Crippen molar-refractivity contribution in [2.45, 2.75) is 57.5 Å². The Morgan fingerprint density at radius 1 is 1.48 bits per heavy atom. The summed E-state index contributed by atoms with van der Waals surface area (Å²) in [5.41, 5.74) is 1.18. The van der Waals surface area contributed by atoms with E-state index in [9.17, 15) is 4.79 Å². The van der Waals surface area contributed by atoms with Crippen LogP contribution in [0.1, 0.15) is 55.6 Å². The molecule has 3 rings (SSSR count). The fourth-order valence-electron chi connectivity index (χ4n) is 3.21. The smallest absolute Gasteiger partial charge is 0.225 e. The number of aromatic nitrogens is 1. The predicted molar refractivity (Wildman–Crippen MR) is 83.6 cm³/mol. The summed E-state index contributed by atoms with van der Waals surface area (Å²) in [5, 5.41) is 3.36. The molecule has 4 nitrogen and oxygen atoms in total. The van der Waals surface area contributed by atoms with Crippen molar-refractivity contribution in [3.05, 3.63) is 16.1 Å². The Kier molecular flexibility index (Phi) is 4.91. The highest BCUT2D eigenvalue weighted by Crippen LogP contribution is 2.30. The Morgan fingerprint density at radius 2 is 2.38 bits per heavy atom. The summed E-state index contributed by atoms with van der Waals surface area (Å²) in [4.78, 5) is 19.2. The van der Waals surface area contributed by atoms with Gasteiger partial charge < -0.3 is 9.64 Å². The van der Waals surface area contributed by atoms with E-state index in [4.69, 9.17) is 9.72 Å². The number of piperidine rings is 1. The Bertz CT molecular complexity index is 482. The molecule has 0 saturated carbocycles. The Balaban J connectivity index is 1.58. The molecule has 2 fully saturated rings. The molecule has 0 unspecified atom stereocenters. The van der Waals surface area contributed by atoms with E-state index in [-0.39, 0.29) is 12.0 Å². The maximum absolute atomic E-state index is 12.4. The number of hydrogen-bond acceptors (Lipinski definition) is 4. The lowest BCUT2D eigenvalue weighted by Gasteiger charge is -2.32. The molecule has 2 atom stereocenters. The predicted octanol–water partition coefficient (Wildman–Crippen LogP) is 2.98. The highest BCUT2D eigenvalue weighted by Gasteiger charge is 2.28. The quantitative estimate of drug-likeness (QED) is 0.859. The minimum absolute atomic E-state index is 0.157. The van der Waals surface area contributed by atoms with E-state index in [0.29, 0.717) is 12.3 Å². The fourth-order valence-corrected chi connectivity index (χ4v) is 4.24. The maximum atomic E-state index is 12.4. The number of nitrogens with zero attached hydrogens (tertiary/aromatic N) is 2. The van der Waals surface area contributed by atoms with E-state index in [1.807, 2.05) is 4.90 Å². The summed E-state index contributed by atoms with van der Waals surface area (Å²) in [6, 6.07) is 0. The van der Waals surface area contributed by atoms with Gasteiger partial charge in [-0.3, -0.25) is 4.79 Å². The normalized spacial score (nSPS) is 26.2. The zero-order chi connectivity index (χ0) is 14.7. The lowest BCUT2D eigenvalue weighted by molar-refractivity contribution is -0.134. The Morgan fingerprint density at radius 3 is 3.10 bits per heavy atom. The molecular weight excluding hydrogens is 284 g/mol. The molecule has 0 aromatic carbocycles. The van der Waals surface area contributed by atoms with Crippen LogP contribution in [-0.2, 0) is 16.0 Å². The number of amides is 1. The number of carbonyl (C=O) groups excluding carboxylic acids is 1. The number of carbonyl (C=O) groups is 1. The third kappa shape index (κ3) is 3.64. The van der Waals surface area contributed by atoms with Crippen molar-refractivity contribution in [2.24, 2.45) is 0 Å². The molecule has 2 aliphatic rings. The molecule has 0 N–H and O–H groups in total. The van der Waals surface area contributed by atoms with Gasteiger partial charge in [0.2, 0.25) is 5.91 Å². The highest BCUT2D eigenvalue weighted by molar-refractivity contribution is 7.09.